The maximum absolute atomic E-state index is 11.8. The summed E-state index contributed by atoms with van der Waals surface area (Å²) in [6.07, 6.45) is -7.87. The van der Waals surface area contributed by atoms with E-state index in [0.29, 0.717) is 0 Å². The van der Waals surface area contributed by atoms with Crippen LogP contribution in [0.15, 0.2) is 0 Å². The molecule has 3 rings (SSSR count). The van der Waals surface area contributed by atoms with E-state index in [0.717, 1.165) is 0 Å². The van der Waals surface area contributed by atoms with E-state index in [1.807, 2.05) is 0 Å². The lowest BCUT2D eigenvalue weighted by molar-refractivity contribution is 0.0498. The zero-order chi connectivity index (χ0) is 23.4. The van der Waals surface area contributed by atoms with Crippen LogP contribution in [-0.4, -0.2) is 99.4 Å². The minimum absolute atomic E-state index is 0.214. The lowest BCUT2D eigenvalue weighted by Gasteiger charge is -2.15. The largest absolute Gasteiger partial charge is 0.509 e. The van der Waals surface area contributed by atoms with E-state index in [2.05, 4.69) is 35.7 Å². The first kappa shape index (κ1) is 24.2. The standard InChI is InChI=1S/C13H16O17S2/c14-11-21-1-7(27-11)3-23-31(17,18)25-5-9-10(30-13(16)29-9)6-26-32(19,20)24-4-8-2-22-12(15)28-8/h7-10H,1-6H2. The third-order valence-corrected chi connectivity index (χ3v) is 5.46. The van der Waals surface area contributed by atoms with Crippen LogP contribution in [0, 0.1) is 0 Å². The molecule has 3 heterocycles. The van der Waals surface area contributed by atoms with Crippen LogP contribution in [0.2, 0.25) is 0 Å². The molecule has 182 valence electrons. The fourth-order valence-corrected chi connectivity index (χ4v) is 3.67. The fraction of sp³-hybridized carbons (Fsp3) is 0.769. The Morgan fingerprint density at radius 1 is 0.594 bits per heavy atom. The Kier molecular flexibility index (Phi) is 7.56. The first-order chi connectivity index (χ1) is 15.0. The summed E-state index contributed by atoms with van der Waals surface area (Å²) in [5, 5.41) is 0. The van der Waals surface area contributed by atoms with Crippen molar-refractivity contribution < 1.29 is 76.4 Å². The second-order valence-corrected chi connectivity index (χ2v) is 8.69. The van der Waals surface area contributed by atoms with Crippen LogP contribution in [0.5, 0.6) is 0 Å². The Hall–Kier alpha value is -2.45. The number of ether oxygens (including phenoxy) is 6. The van der Waals surface area contributed by atoms with Crippen molar-refractivity contribution in [2.75, 3.05) is 39.6 Å². The van der Waals surface area contributed by atoms with Gasteiger partial charge in [-0.05, 0) is 0 Å². The number of carbonyl (C=O) groups is 3. The Balaban J connectivity index is 1.42. The maximum atomic E-state index is 11.8. The molecule has 0 aromatic rings. The zero-order valence-electron chi connectivity index (χ0n) is 15.8. The summed E-state index contributed by atoms with van der Waals surface area (Å²) in [5.41, 5.74) is 0. The van der Waals surface area contributed by atoms with Crippen molar-refractivity contribution in [3.05, 3.63) is 0 Å². The Morgan fingerprint density at radius 2 is 0.969 bits per heavy atom. The summed E-state index contributed by atoms with van der Waals surface area (Å²) < 4.78 is 92.6. The van der Waals surface area contributed by atoms with Gasteiger partial charge in [0.25, 0.3) is 0 Å². The van der Waals surface area contributed by atoms with Gasteiger partial charge in [0.15, 0.2) is 24.4 Å². The van der Waals surface area contributed by atoms with Crippen LogP contribution in [0.4, 0.5) is 14.4 Å². The molecule has 19 heteroatoms. The van der Waals surface area contributed by atoms with Gasteiger partial charge in [-0.3, -0.25) is 0 Å². The van der Waals surface area contributed by atoms with Gasteiger partial charge < -0.3 is 28.4 Å². The average Bonchev–Trinajstić information content (AvgIpc) is 3.42. The highest BCUT2D eigenvalue weighted by molar-refractivity contribution is 7.82. The van der Waals surface area contributed by atoms with Crippen molar-refractivity contribution >= 4 is 39.3 Å². The van der Waals surface area contributed by atoms with Crippen LogP contribution < -0.4 is 0 Å². The summed E-state index contributed by atoms with van der Waals surface area (Å²) in [4.78, 5) is 32.9. The highest BCUT2D eigenvalue weighted by Crippen LogP contribution is 2.19. The number of rotatable bonds is 12. The number of hydrogen-bond donors (Lipinski definition) is 0. The van der Waals surface area contributed by atoms with Gasteiger partial charge in [-0.1, -0.05) is 0 Å². The van der Waals surface area contributed by atoms with Gasteiger partial charge in [0.2, 0.25) is 0 Å². The Morgan fingerprint density at radius 3 is 1.31 bits per heavy atom. The molecule has 4 unspecified atom stereocenters. The van der Waals surface area contributed by atoms with Gasteiger partial charge in [0.1, 0.15) is 39.6 Å². The lowest BCUT2D eigenvalue weighted by atomic mass is 10.2. The van der Waals surface area contributed by atoms with E-state index < -0.39 is 90.1 Å². The van der Waals surface area contributed by atoms with Crippen molar-refractivity contribution in [2.24, 2.45) is 0 Å². The third-order valence-electron chi connectivity index (χ3n) is 3.76. The maximum Gasteiger partial charge on any atom is 0.509 e. The van der Waals surface area contributed by atoms with E-state index in [4.69, 9.17) is 9.47 Å². The molecule has 0 N–H and O–H groups in total. The first-order valence-corrected chi connectivity index (χ1v) is 11.3. The molecular formula is C13H16O17S2. The lowest BCUT2D eigenvalue weighted by Crippen LogP contribution is -2.34. The summed E-state index contributed by atoms with van der Waals surface area (Å²) in [7, 11) is -9.22. The van der Waals surface area contributed by atoms with Crippen molar-refractivity contribution in [1.82, 2.24) is 0 Å². The molecule has 0 radical (unpaired) electrons. The molecule has 0 aromatic heterocycles. The highest BCUT2D eigenvalue weighted by atomic mass is 32.3. The first-order valence-electron chi connectivity index (χ1n) is 8.63. The van der Waals surface area contributed by atoms with Crippen molar-refractivity contribution in [1.29, 1.82) is 0 Å². The van der Waals surface area contributed by atoms with E-state index >= 15 is 0 Å². The molecule has 4 atom stereocenters. The van der Waals surface area contributed by atoms with Crippen LogP contribution in [0.25, 0.3) is 0 Å². The quantitative estimate of drug-likeness (QED) is 0.217. The van der Waals surface area contributed by atoms with E-state index in [9.17, 15) is 31.2 Å². The molecule has 0 aliphatic carbocycles. The molecule has 0 amide bonds. The monoisotopic (exact) mass is 508 g/mol. The second kappa shape index (κ2) is 10.0. The van der Waals surface area contributed by atoms with Gasteiger partial charge in [-0.2, -0.15) is 16.8 Å². The number of cyclic esters (lactones) is 6. The minimum Gasteiger partial charge on any atom is -0.430 e. The van der Waals surface area contributed by atoms with Crippen LogP contribution >= 0.6 is 0 Å². The normalized spacial score (nSPS) is 27.8. The summed E-state index contributed by atoms with van der Waals surface area (Å²) >= 11 is 0. The smallest absolute Gasteiger partial charge is 0.430 e. The van der Waals surface area contributed by atoms with E-state index in [1.54, 1.807) is 0 Å². The predicted octanol–water partition coefficient (Wildman–Crippen LogP) is -1.48. The molecule has 0 spiro atoms. The second-order valence-electron chi connectivity index (χ2n) is 6.12. The van der Waals surface area contributed by atoms with Crippen molar-refractivity contribution in [3.8, 4) is 0 Å². The van der Waals surface area contributed by atoms with Crippen molar-refractivity contribution in [3.63, 3.8) is 0 Å². The van der Waals surface area contributed by atoms with E-state index in [1.165, 1.54) is 0 Å². The van der Waals surface area contributed by atoms with E-state index in [-0.39, 0.29) is 13.2 Å². The summed E-state index contributed by atoms with van der Waals surface area (Å²) in [5.74, 6) is 0. The molecule has 0 aromatic carbocycles. The van der Waals surface area contributed by atoms with Gasteiger partial charge in [-0.15, -0.1) is 0 Å². The number of hydrogen-bond acceptors (Lipinski definition) is 17. The molecule has 0 saturated carbocycles. The average molecular weight is 508 g/mol. The highest BCUT2D eigenvalue weighted by Gasteiger charge is 2.40. The third kappa shape index (κ3) is 7.31. The minimum atomic E-state index is -4.61. The van der Waals surface area contributed by atoms with Gasteiger partial charge in [-0.25, -0.2) is 31.1 Å². The molecule has 3 aliphatic rings. The Bertz CT molecular complexity index is 852. The molecular weight excluding hydrogens is 492 g/mol. The fourth-order valence-electron chi connectivity index (χ4n) is 2.29. The van der Waals surface area contributed by atoms with Crippen LogP contribution in [0.1, 0.15) is 0 Å². The topological polar surface area (TPSA) is 212 Å². The predicted molar refractivity (Wildman–Crippen MR) is 89.2 cm³/mol. The molecule has 32 heavy (non-hydrogen) atoms. The number of carbonyl (C=O) groups excluding carboxylic acids is 3. The summed E-state index contributed by atoms with van der Waals surface area (Å²) in [6.45, 7) is -3.21. The van der Waals surface area contributed by atoms with Crippen LogP contribution in [-0.2, 0) is 66.0 Å². The molecule has 17 nitrogen and oxygen atoms in total. The zero-order valence-corrected chi connectivity index (χ0v) is 17.4. The molecule has 3 saturated heterocycles. The summed E-state index contributed by atoms with van der Waals surface area (Å²) in [6, 6.07) is 0. The molecule has 3 fully saturated rings. The SMILES string of the molecule is O=C1OCC(COS(=O)(=O)OCC2OC(=O)OC2COS(=O)(=O)OCC2COC(=O)O2)O1. The van der Waals surface area contributed by atoms with Crippen molar-refractivity contribution in [2.45, 2.75) is 24.4 Å². The molecule has 0 bridgehead atoms. The van der Waals surface area contributed by atoms with Crippen LogP contribution in [0.3, 0.4) is 0 Å². The van der Waals surface area contributed by atoms with Gasteiger partial charge in [0.05, 0.1) is 0 Å². The van der Waals surface area contributed by atoms with Gasteiger partial charge >= 0.3 is 39.3 Å². The Labute approximate surface area is 180 Å². The molecule has 3 aliphatic heterocycles. The van der Waals surface area contributed by atoms with Gasteiger partial charge in [0, 0.05) is 0 Å².